The zero-order valence-corrected chi connectivity index (χ0v) is 16.1. The van der Waals surface area contributed by atoms with Crippen LogP contribution in [-0.4, -0.2) is 33.7 Å². The Hall–Kier alpha value is -3.12. The number of sulfone groups is 1. The van der Waals surface area contributed by atoms with E-state index >= 15 is 0 Å². The topological polar surface area (TPSA) is 63.7 Å². The Kier molecular flexibility index (Phi) is 4.65. The highest BCUT2D eigenvalue weighted by molar-refractivity contribution is 7.91. The number of nitrogens with zero attached hydrogens (tertiary/aromatic N) is 1. The van der Waals surface area contributed by atoms with Crippen LogP contribution in [0.4, 0.5) is 5.69 Å². The SMILES string of the molecule is COc1ccc2cc(/C=C/C(=O)N3CCS(=O)(=O)c4ccccc43)ccc2c1. The number of amides is 1. The van der Waals surface area contributed by atoms with E-state index in [9.17, 15) is 13.2 Å². The average Bonchev–Trinajstić information content (AvgIpc) is 2.71. The van der Waals surface area contributed by atoms with Crippen molar-refractivity contribution in [3.05, 3.63) is 72.3 Å². The molecule has 3 aromatic carbocycles. The number of hydrogen-bond donors (Lipinski definition) is 0. The van der Waals surface area contributed by atoms with Gasteiger partial charge in [-0.15, -0.1) is 0 Å². The van der Waals surface area contributed by atoms with Crippen LogP contribution in [0.25, 0.3) is 16.8 Å². The first kappa shape index (κ1) is 18.3. The summed E-state index contributed by atoms with van der Waals surface area (Å²) in [4.78, 5) is 14.4. The Labute approximate surface area is 163 Å². The van der Waals surface area contributed by atoms with Gasteiger partial charge in [-0.1, -0.05) is 30.3 Å². The molecule has 142 valence electrons. The van der Waals surface area contributed by atoms with Gasteiger partial charge >= 0.3 is 0 Å². The normalized spacial score (nSPS) is 15.5. The second-order valence-electron chi connectivity index (χ2n) is 6.58. The van der Waals surface area contributed by atoms with Crippen LogP contribution in [-0.2, 0) is 14.6 Å². The summed E-state index contributed by atoms with van der Waals surface area (Å²) in [7, 11) is -1.70. The Balaban J connectivity index is 1.60. The fourth-order valence-corrected chi connectivity index (χ4v) is 4.77. The molecule has 3 aromatic rings. The second kappa shape index (κ2) is 7.13. The van der Waals surface area contributed by atoms with Gasteiger partial charge in [0.25, 0.3) is 5.91 Å². The van der Waals surface area contributed by atoms with Crippen molar-refractivity contribution in [3.8, 4) is 5.75 Å². The summed E-state index contributed by atoms with van der Waals surface area (Å²) in [5.74, 6) is 0.489. The molecule has 1 aliphatic heterocycles. The molecule has 0 atom stereocenters. The zero-order valence-electron chi connectivity index (χ0n) is 15.3. The number of carbonyl (C=O) groups is 1. The molecule has 0 unspecified atom stereocenters. The Morgan fingerprint density at radius 3 is 2.61 bits per heavy atom. The van der Waals surface area contributed by atoms with E-state index in [2.05, 4.69) is 0 Å². The maximum Gasteiger partial charge on any atom is 0.251 e. The second-order valence-corrected chi connectivity index (χ2v) is 8.66. The lowest BCUT2D eigenvalue weighted by molar-refractivity contribution is -0.114. The van der Waals surface area contributed by atoms with Crippen molar-refractivity contribution in [1.29, 1.82) is 0 Å². The molecule has 0 aliphatic carbocycles. The number of para-hydroxylation sites is 1. The number of ether oxygens (including phenoxy) is 1. The van der Waals surface area contributed by atoms with Crippen LogP contribution < -0.4 is 9.64 Å². The smallest absolute Gasteiger partial charge is 0.251 e. The molecule has 1 aliphatic rings. The van der Waals surface area contributed by atoms with E-state index in [1.807, 2.05) is 36.4 Å². The summed E-state index contributed by atoms with van der Waals surface area (Å²) in [5.41, 5.74) is 1.33. The lowest BCUT2D eigenvalue weighted by atomic mass is 10.1. The molecule has 0 aromatic heterocycles. The minimum atomic E-state index is -3.33. The minimum Gasteiger partial charge on any atom is -0.497 e. The predicted molar refractivity (Wildman–Crippen MR) is 110 cm³/mol. The summed E-state index contributed by atoms with van der Waals surface area (Å²) in [6.45, 7) is 0.153. The van der Waals surface area contributed by atoms with Gasteiger partial charge < -0.3 is 9.64 Å². The quantitative estimate of drug-likeness (QED) is 0.637. The first-order chi connectivity index (χ1) is 13.5. The number of rotatable bonds is 3. The van der Waals surface area contributed by atoms with Crippen LogP contribution in [0.1, 0.15) is 5.56 Å². The van der Waals surface area contributed by atoms with Gasteiger partial charge in [0.1, 0.15) is 5.75 Å². The van der Waals surface area contributed by atoms with Crippen molar-refractivity contribution in [2.24, 2.45) is 0 Å². The van der Waals surface area contributed by atoms with Crippen LogP contribution in [0.5, 0.6) is 5.75 Å². The van der Waals surface area contributed by atoms with Gasteiger partial charge in [-0.25, -0.2) is 8.42 Å². The number of anilines is 1. The lowest BCUT2D eigenvalue weighted by Gasteiger charge is -2.28. The van der Waals surface area contributed by atoms with Crippen LogP contribution in [0.15, 0.2) is 71.6 Å². The van der Waals surface area contributed by atoms with Gasteiger partial charge in [0.2, 0.25) is 0 Å². The van der Waals surface area contributed by atoms with Crippen molar-refractivity contribution < 1.29 is 17.9 Å². The van der Waals surface area contributed by atoms with Crippen LogP contribution >= 0.6 is 0 Å². The third-order valence-corrected chi connectivity index (χ3v) is 6.57. The zero-order chi connectivity index (χ0) is 19.7. The van der Waals surface area contributed by atoms with Gasteiger partial charge in [0.15, 0.2) is 9.84 Å². The highest BCUT2D eigenvalue weighted by Crippen LogP contribution is 2.30. The van der Waals surface area contributed by atoms with E-state index in [4.69, 9.17) is 4.74 Å². The number of carbonyl (C=O) groups excluding carboxylic acids is 1. The predicted octanol–water partition coefficient (Wildman–Crippen LogP) is 3.68. The van der Waals surface area contributed by atoms with Gasteiger partial charge in [0.05, 0.1) is 23.4 Å². The molecule has 0 radical (unpaired) electrons. The molecule has 0 spiro atoms. The van der Waals surface area contributed by atoms with Gasteiger partial charge in [0, 0.05) is 12.6 Å². The van der Waals surface area contributed by atoms with E-state index in [0.717, 1.165) is 22.1 Å². The molecule has 0 saturated carbocycles. The summed E-state index contributed by atoms with van der Waals surface area (Å²) in [6, 6.07) is 18.3. The van der Waals surface area contributed by atoms with Crippen LogP contribution in [0.3, 0.4) is 0 Å². The molecule has 0 N–H and O–H groups in total. The van der Waals surface area contributed by atoms with Crippen molar-refractivity contribution in [2.45, 2.75) is 4.90 Å². The number of hydrogen-bond acceptors (Lipinski definition) is 4. The van der Waals surface area contributed by atoms with Gasteiger partial charge in [-0.2, -0.15) is 0 Å². The fraction of sp³-hybridized carbons (Fsp3) is 0.136. The molecule has 5 nitrogen and oxygen atoms in total. The Morgan fingerprint density at radius 1 is 1.04 bits per heavy atom. The fourth-order valence-electron chi connectivity index (χ4n) is 3.34. The summed E-state index contributed by atoms with van der Waals surface area (Å²) >= 11 is 0. The molecule has 4 rings (SSSR count). The van der Waals surface area contributed by atoms with E-state index in [0.29, 0.717) is 5.69 Å². The number of methoxy groups -OCH3 is 1. The van der Waals surface area contributed by atoms with E-state index in [-0.39, 0.29) is 23.1 Å². The molecule has 28 heavy (non-hydrogen) atoms. The molecule has 6 heteroatoms. The maximum absolute atomic E-state index is 12.7. The van der Waals surface area contributed by atoms with Crippen molar-refractivity contribution in [2.75, 3.05) is 24.3 Å². The molecular formula is C22H19NO4S. The standard InChI is InChI=1S/C22H19NO4S/c1-27-19-10-9-17-14-16(6-8-18(17)15-19)7-11-22(24)23-12-13-28(25,26)21-5-3-2-4-20(21)23/h2-11,14-15H,12-13H2,1H3/b11-7+. The van der Waals surface area contributed by atoms with Gasteiger partial charge in [-0.05, 0) is 52.7 Å². The third kappa shape index (κ3) is 3.39. The first-order valence-electron chi connectivity index (χ1n) is 8.87. The van der Waals surface area contributed by atoms with Gasteiger partial charge in [-0.3, -0.25) is 4.79 Å². The Morgan fingerprint density at radius 2 is 1.79 bits per heavy atom. The van der Waals surface area contributed by atoms with E-state index in [1.54, 1.807) is 37.5 Å². The summed E-state index contributed by atoms with van der Waals surface area (Å²) in [5, 5.41) is 2.10. The van der Waals surface area contributed by atoms with Crippen molar-refractivity contribution in [1.82, 2.24) is 0 Å². The van der Waals surface area contributed by atoms with Crippen molar-refractivity contribution >= 4 is 38.3 Å². The van der Waals surface area contributed by atoms with Crippen molar-refractivity contribution in [3.63, 3.8) is 0 Å². The monoisotopic (exact) mass is 393 g/mol. The molecular weight excluding hydrogens is 374 g/mol. The first-order valence-corrected chi connectivity index (χ1v) is 10.5. The Bertz CT molecular complexity index is 1200. The maximum atomic E-state index is 12.7. The summed E-state index contributed by atoms with van der Waals surface area (Å²) < 4.78 is 29.7. The number of fused-ring (bicyclic) bond motifs is 2. The largest absolute Gasteiger partial charge is 0.497 e. The van der Waals surface area contributed by atoms with E-state index in [1.165, 1.54) is 11.0 Å². The third-order valence-electron chi connectivity index (χ3n) is 4.83. The minimum absolute atomic E-state index is 0.0681. The molecule has 1 amide bonds. The highest BCUT2D eigenvalue weighted by atomic mass is 32.2. The van der Waals surface area contributed by atoms with Crippen LogP contribution in [0.2, 0.25) is 0 Å². The van der Waals surface area contributed by atoms with E-state index < -0.39 is 9.84 Å². The highest BCUT2D eigenvalue weighted by Gasteiger charge is 2.30. The molecule has 0 fully saturated rings. The molecule has 1 heterocycles. The average molecular weight is 393 g/mol. The van der Waals surface area contributed by atoms with Crippen LogP contribution in [0, 0.1) is 0 Å². The molecule has 0 saturated heterocycles. The lowest BCUT2D eigenvalue weighted by Crippen LogP contribution is -2.38. The number of benzene rings is 3. The summed E-state index contributed by atoms with van der Waals surface area (Å²) in [6.07, 6.45) is 3.23. The molecule has 0 bridgehead atoms.